The number of nitrogens with one attached hydrogen (secondary N) is 1. The number of carbonyl (C=O) groups is 2. The van der Waals surface area contributed by atoms with Crippen LogP contribution in [0.15, 0.2) is 30.3 Å². The normalized spacial score (nSPS) is 19.6. The number of benzene rings is 1. The van der Waals surface area contributed by atoms with Crippen LogP contribution in [0.1, 0.15) is 58.9 Å². The van der Waals surface area contributed by atoms with E-state index in [1.165, 1.54) is 4.90 Å². The number of hydrogen-bond acceptors (Lipinski definition) is 4. The zero-order valence-corrected chi connectivity index (χ0v) is 20.1. The molecule has 1 aromatic carbocycles. The first kappa shape index (κ1) is 27.2. The van der Waals surface area contributed by atoms with Crippen molar-refractivity contribution >= 4 is 11.8 Å². The molecular formula is C25H39F2N3O3. The lowest BCUT2D eigenvalue weighted by Gasteiger charge is -2.35. The molecule has 1 aliphatic rings. The van der Waals surface area contributed by atoms with E-state index in [2.05, 4.69) is 5.32 Å². The largest absolute Gasteiger partial charge is 0.385 e. The molecule has 1 heterocycles. The Labute approximate surface area is 195 Å². The minimum absolute atomic E-state index is 0.0818. The summed E-state index contributed by atoms with van der Waals surface area (Å²) in [7, 11) is 0. The smallest absolute Gasteiger partial charge is 0.275 e. The zero-order chi connectivity index (χ0) is 24.8. The number of aliphatic hydroxyl groups is 1. The first-order valence-corrected chi connectivity index (χ1v) is 11.9. The van der Waals surface area contributed by atoms with Crippen LogP contribution in [0.25, 0.3) is 0 Å². The molecule has 0 saturated carbocycles. The van der Waals surface area contributed by atoms with Gasteiger partial charge in [-0.2, -0.15) is 0 Å². The maximum absolute atomic E-state index is 14.9. The van der Waals surface area contributed by atoms with Gasteiger partial charge in [-0.1, -0.05) is 58.0 Å². The molecule has 33 heavy (non-hydrogen) atoms. The first-order valence-electron chi connectivity index (χ1n) is 11.9. The molecule has 4 N–H and O–H groups in total. The van der Waals surface area contributed by atoms with Crippen LogP contribution in [0.5, 0.6) is 0 Å². The van der Waals surface area contributed by atoms with Crippen LogP contribution >= 0.6 is 0 Å². The van der Waals surface area contributed by atoms with Gasteiger partial charge in [0.2, 0.25) is 11.8 Å². The standard InChI is InChI=1S/C25H39F2N3O3/c1-16(2)20(28)24(33)30-15-9-13-19(30)23(32)29-21(17(3)4)22(31)25(26,27)14-8-12-18-10-6-5-7-11-18/h5-7,10-11,16-17,19-22,31H,8-9,12-15,28H2,1-4H3,(H,29,32)/t19-,20-,21?,22?/m0/s1. The lowest BCUT2D eigenvalue weighted by atomic mass is 9.91. The predicted octanol–water partition coefficient (Wildman–Crippen LogP) is 3.12. The third kappa shape index (κ3) is 7.21. The quantitative estimate of drug-likeness (QED) is 0.466. The van der Waals surface area contributed by atoms with Crippen LogP contribution in [-0.2, 0) is 16.0 Å². The van der Waals surface area contributed by atoms with Crippen molar-refractivity contribution in [2.24, 2.45) is 17.6 Å². The summed E-state index contributed by atoms with van der Waals surface area (Å²) in [5.41, 5.74) is 6.94. The highest BCUT2D eigenvalue weighted by molar-refractivity contribution is 5.90. The molecule has 1 aromatic rings. The van der Waals surface area contributed by atoms with Gasteiger partial charge in [-0.05, 0) is 43.1 Å². The van der Waals surface area contributed by atoms with E-state index in [0.717, 1.165) is 5.56 Å². The molecular weight excluding hydrogens is 428 g/mol. The monoisotopic (exact) mass is 467 g/mol. The van der Waals surface area contributed by atoms with E-state index in [-0.39, 0.29) is 18.2 Å². The number of aliphatic hydroxyl groups excluding tert-OH is 1. The second kappa shape index (κ2) is 11.9. The first-order chi connectivity index (χ1) is 15.5. The van der Waals surface area contributed by atoms with E-state index < -0.39 is 48.4 Å². The molecule has 2 amide bonds. The Bertz CT molecular complexity index is 773. The number of aryl methyl sites for hydroxylation is 1. The number of halogens is 2. The van der Waals surface area contributed by atoms with Crippen molar-refractivity contribution in [1.29, 1.82) is 0 Å². The van der Waals surface area contributed by atoms with Gasteiger partial charge in [0.05, 0.1) is 12.1 Å². The number of hydrogen-bond donors (Lipinski definition) is 3. The lowest BCUT2D eigenvalue weighted by Crippen LogP contribution is -2.58. The van der Waals surface area contributed by atoms with E-state index in [1.807, 2.05) is 44.2 Å². The summed E-state index contributed by atoms with van der Waals surface area (Å²) in [5, 5.41) is 13.2. The van der Waals surface area contributed by atoms with Crippen LogP contribution in [0.4, 0.5) is 8.78 Å². The molecule has 6 nitrogen and oxygen atoms in total. The van der Waals surface area contributed by atoms with E-state index in [0.29, 0.717) is 25.8 Å². The minimum atomic E-state index is -3.36. The van der Waals surface area contributed by atoms with Crippen LogP contribution in [0, 0.1) is 11.8 Å². The highest BCUT2D eigenvalue weighted by Crippen LogP contribution is 2.30. The van der Waals surface area contributed by atoms with Crippen LogP contribution < -0.4 is 11.1 Å². The molecule has 1 aliphatic heterocycles. The number of nitrogens with zero attached hydrogens (tertiary/aromatic N) is 1. The Hall–Kier alpha value is -2.06. The predicted molar refractivity (Wildman–Crippen MR) is 125 cm³/mol. The molecule has 2 unspecified atom stereocenters. The van der Waals surface area contributed by atoms with Crippen molar-refractivity contribution in [2.75, 3.05) is 6.54 Å². The maximum atomic E-state index is 14.9. The molecule has 0 radical (unpaired) electrons. The molecule has 2 rings (SSSR count). The second-order valence-electron chi connectivity index (χ2n) is 9.78. The van der Waals surface area contributed by atoms with Crippen molar-refractivity contribution in [3.63, 3.8) is 0 Å². The lowest BCUT2D eigenvalue weighted by molar-refractivity contribution is -0.147. The Morgan fingerprint density at radius 3 is 2.39 bits per heavy atom. The Kier molecular flexibility index (Phi) is 9.79. The highest BCUT2D eigenvalue weighted by Gasteiger charge is 2.45. The van der Waals surface area contributed by atoms with Gasteiger partial charge in [-0.3, -0.25) is 9.59 Å². The van der Waals surface area contributed by atoms with E-state index >= 15 is 0 Å². The van der Waals surface area contributed by atoms with Crippen LogP contribution in [-0.4, -0.2) is 58.5 Å². The van der Waals surface area contributed by atoms with E-state index in [4.69, 9.17) is 5.73 Å². The summed E-state index contributed by atoms with van der Waals surface area (Å²) >= 11 is 0. The molecule has 1 saturated heterocycles. The summed E-state index contributed by atoms with van der Waals surface area (Å²) in [4.78, 5) is 27.1. The van der Waals surface area contributed by atoms with Gasteiger partial charge in [-0.25, -0.2) is 8.78 Å². The maximum Gasteiger partial charge on any atom is 0.275 e. The number of amides is 2. The fourth-order valence-corrected chi connectivity index (χ4v) is 4.23. The molecule has 0 spiro atoms. The van der Waals surface area contributed by atoms with Gasteiger partial charge in [0, 0.05) is 13.0 Å². The molecule has 0 aliphatic carbocycles. The number of rotatable bonds is 11. The van der Waals surface area contributed by atoms with Crippen molar-refractivity contribution in [2.45, 2.75) is 90.0 Å². The van der Waals surface area contributed by atoms with Crippen LogP contribution in [0.2, 0.25) is 0 Å². The SMILES string of the molecule is CC(C)C(NC(=O)[C@@H]1CCCN1C(=O)[C@@H](N)C(C)C)C(O)C(F)(F)CCCc1ccccc1. The molecule has 0 bridgehead atoms. The second-order valence-corrected chi connectivity index (χ2v) is 9.78. The van der Waals surface area contributed by atoms with E-state index in [1.54, 1.807) is 13.8 Å². The van der Waals surface area contributed by atoms with Gasteiger partial charge in [0.25, 0.3) is 5.92 Å². The molecule has 1 fully saturated rings. The molecule has 186 valence electrons. The Morgan fingerprint density at radius 2 is 1.82 bits per heavy atom. The molecule has 0 aromatic heterocycles. The van der Waals surface area contributed by atoms with Gasteiger partial charge in [0.15, 0.2) is 0 Å². The van der Waals surface area contributed by atoms with Gasteiger partial charge in [0.1, 0.15) is 12.1 Å². The number of carbonyl (C=O) groups excluding carboxylic acids is 2. The van der Waals surface area contributed by atoms with Crippen molar-refractivity contribution in [1.82, 2.24) is 10.2 Å². The highest BCUT2D eigenvalue weighted by atomic mass is 19.3. The van der Waals surface area contributed by atoms with Gasteiger partial charge >= 0.3 is 0 Å². The summed E-state index contributed by atoms with van der Waals surface area (Å²) in [5.74, 6) is -4.69. The summed E-state index contributed by atoms with van der Waals surface area (Å²) in [6.07, 6.45) is -0.738. The third-order valence-electron chi connectivity index (χ3n) is 6.46. The minimum Gasteiger partial charge on any atom is -0.385 e. The van der Waals surface area contributed by atoms with Crippen molar-refractivity contribution in [3.05, 3.63) is 35.9 Å². The summed E-state index contributed by atoms with van der Waals surface area (Å²) < 4.78 is 29.8. The van der Waals surface area contributed by atoms with Gasteiger partial charge < -0.3 is 21.1 Å². The zero-order valence-electron chi connectivity index (χ0n) is 20.1. The average Bonchev–Trinajstić information content (AvgIpc) is 3.26. The summed E-state index contributed by atoms with van der Waals surface area (Å²) in [6.45, 7) is 7.43. The third-order valence-corrected chi connectivity index (χ3v) is 6.46. The number of likely N-dealkylation sites (tertiary alicyclic amines) is 1. The number of alkyl halides is 2. The molecule has 8 heteroatoms. The van der Waals surface area contributed by atoms with Gasteiger partial charge in [-0.15, -0.1) is 0 Å². The van der Waals surface area contributed by atoms with Crippen molar-refractivity contribution < 1.29 is 23.5 Å². The summed E-state index contributed by atoms with van der Waals surface area (Å²) in [6, 6.07) is 6.72. The Morgan fingerprint density at radius 1 is 1.18 bits per heavy atom. The number of nitrogens with two attached hydrogens (primary N) is 1. The van der Waals surface area contributed by atoms with Crippen molar-refractivity contribution in [3.8, 4) is 0 Å². The van der Waals surface area contributed by atoms with E-state index in [9.17, 15) is 23.5 Å². The molecule has 4 atom stereocenters. The van der Waals surface area contributed by atoms with Crippen LogP contribution in [0.3, 0.4) is 0 Å². The fraction of sp³-hybridized carbons (Fsp3) is 0.680. The fourth-order valence-electron chi connectivity index (χ4n) is 4.23. The Balaban J connectivity index is 2.02. The average molecular weight is 468 g/mol. The topological polar surface area (TPSA) is 95.7 Å².